The maximum Gasteiger partial charge on any atom is 0.347 e. The number of ether oxygens (including phenoxy) is 1. The van der Waals surface area contributed by atoms with Gasteiger partial charge in [-0.1, -0.05) is 18.2 Å². The second-order valence-corrected chi connectivity index (χ2v) is 5.44. The van der Waals surface area contributed by atoms with Crippen LogP contribution in [-0.4, -0.2) is 21.0 Å². The van der Waals surface area contributed by atoms with Crippen molar-refractivity contribution in [2.75, 3.05) is 0 Å². The first-order chi connectivity index (χ1) is 10.7. The molecule has 0 saturated heterocycles. The third-order valence-electron chi connectivity index (χ3n) is 2.92. The Labute approximate surface area is 130 Å². The molecule has 22 heavy (non-hydrogen) atoms. The Morgan fingerprint density at radius 2 is 2.00 bits per heavy atom. The van der Waals surface area contributed by atoms with E-state index in [0.29, 0.717) is 16.5 Å². The van der Waals surface area contributed by atoms with Crippen LogP contribution < -0.4 is 4.74 Å². The SMILES string of the molecule is O=C(O)c1sc(-c2cccnc2)nc1COc1ccccc1. The van der Waals surface area contributed by atoms with Crippen molar-refractivity contribution >= 4 is 17.3 Å². The van der Waals surface area contributed by atoms with Crippen molar-refractivity contribution in [2.24, 2.45) is 0 Å². The summed E-state index contributed by atoms with van der Waals surface area (Å²) in [5.41, 5.74) is 1.21. The topological polar surface area (TPSA) is 72.3 Å². The fraction of sp³-hybridized carbons (Fsp3) is 0.0625. The summed E-state index contributed by atoms with van der Waals surface area (Å²) in [6.45, 7) is 0.114. The van der Waals surface area contributed by atoms with Crippen molar-refractivity contribution in [2.45, 2.75) is 6.61 Å². The number of aromatic carboxylic acids is 1. The first-order valence-corrected chi connectivity index (χ1v) is 7.37. The first-order valence-electron chi connectivity index (χ1n) is 6.55. The van der Waals surface area contributed by atoms with E-state index in [2.05, 4.69) is 9.97 Å². The summed E-state index contributed by atoms with van der Waals surface area (Å²) in [6.07, 6.45) is 3.32. The number of carboxylic acids is 1. The highest BCUT2D eigenvalue weighted by molar-refractivity contribution is 7.17. The number of nitrogens with zero attached hydrogens (tertiary/aromatic N) is 2. The molecule has 0 fully saturated rings. The predicted octanol–water partition coefficient (Wildman–Crippen LogP) is 3.48. The maximum atomic E-state index is 11.4. The molecule has 0 aliphatic rings. The lowest BCUT2D eigenvalue weighted by atomic mass is 10.3. The fourth-order valence-electron chi connectivity index (χ4n) is 1.90. The number of rotatable bonds is 5. The lowest BCUT2D eigenvalue weighted by Gasteiger charge is -2.04. The minimum Gasteiger partial charge on any atom is -0.487 e. The van der Waals surface area contributed by atoms with Gasteiger partial charge in [-0.3, -0.25) is 4.98 Å². The summed E-state index contributed by atoms with van der Waals surface area (Å²) in [7, 11) is 0. The molecule has 0 unspecified atom stereocenters. The number of para-hydroxylation sites is 1. The van der Waals surface area contributed by atoms with Gasteiger partial charge in [0.1, 0.15) is 27.9 Å². The number of pyridine rings is 1. The lowest BCUT2D eigenvalue weighted by molar-refractivity contribution is 0.0699. The second kappa shape index (κ2) is 6.36. The predicted molar refractivity (Wildman–Crippen MR) is 83.1 cm³/mol. The van der Waals surface area contributed by atoms with E-state index in [9.17, 15) is 9.90 Å². The van der Waals surface area contributed by atoms with Crippen molar-refractivity contribution in [1.29, 1.82) is 0 Å². The molecule has 2 heterocycles. The summed E-state index contributed by atoms with van der Waals surface area (Å²) in [5, 5.41) is 9.94. The van der Waals surface area contributed by atoms with Crippen molar-refractivity contribution < 1.29 is 14.6 Å². The molecule has 0 amide bonds. The Hall–Kier alpha value is -2.73. The van der Waals surface area contributed by atoms with Crippen molar-refractivity contribution in [3.05, 3.63) is 65.4 Å². The Bertz CT molecular complexity index is 773. The number of benzene rings is 1. The third kappa shape index (κ3) is 3.12. The lowest BCUT2D eigenvalue weighted by Crippen LogP contribution is -2.03. The van der Waals surface area contributed by atoms with E-state index in [4.69, 9.17) is 4.74 Å². The van der Waals surface area contributed by atoms with Crippen LogP contribution in [0, 0.1) is 0 Å². The van der Waals surface area contributed by atoms with Crippen LogP contribution >= 0.6 is 11.3 Å². The van der Waals surface area contributed by atoms with Crippen LogP contribution in [0.3, 0.4) is 0 Å². The van der Waals surface area contributed by atoms with Gasteiger partial charge in [-0.05, 0) is 24.3 Å². The van der Waals surface area contributed by atoms with Gasteiger partial charge in [0, 0.05) is 18.0 Å². The van der Waals surface area contributed by atoms with Crippen LogP contribution in [0.25, 0.3) is 10.6 Å². The van der Waals surface area contributed by atoms with Gasteiger partial charge >= 0.3 is 5.97 Å². The zero-order valence-corrected chi connectivity index (χ0v) is 12.3. The van der Waals surface area contributed by atoms with Crippen LogP contribution in [0.15, 0.2) is 54.9 Å². The number of hydrogen-bond donors (Lipinski definition) is 1. The van der Waals surface area contributed by atoms with E-state index in [-0.39, 0.29) is 11.5 Å². The van der Waals surface area contributed by atoms with E-state index in [1.165, 1.54) is 0 Å². The fourth-order valence-corrected chi connectivity index (χ4v) is 2.80. The van der Waals surface area contributed by atoms with Gasteiger partial charge in [-0.25, -0.2) is 9.78 Å². The molecule has 0 spiro atoms. The monoisotopic (exact) mass is 312 g/mol. The summed E-state index contributed by atoms with van der Waals surface area (Å²) in [6, 6.07) is 12.9. The van der Waals surface area contributed by atoms with E-state index in [1.807, 2.05) is 36.4 Å². The maximum absolute atomic E-state index is 11.4. The number of thiazole rings is 1. The molecule has 0 saturated carbocycles. The summed E-state index contributed by atoms with van der Waals surface area (Å²) in [4.78, 5) is 20.0. The van der Waals surface area contributed by atoms with Crippen LogP contribution in [-0.2, 0) is 6.61 Å². The zero-order valence-electron chi connectivity index (χ0n) is 11.5. The van der Waals surface area contributed by atoms with Gasteiger partial charge in [-0.15, -0.1) is 11.3 Å². The zero-order chi connectivity index (χ0) is 15.4. The number of carboxylic acid groups (broad SMARTS) is 1. The van der Waals surface area contributed by atoms with E-state index < -0.39 is 5.97 Å². The van der Waals surface area contributed by atoms with Gasteiger partial charge in [0.15, 0.2) is 0 Å². The van der Waals surface area contributed by atoms with E-state index in [1.54, 1.807) is 18.5 Å². The van der Waals surface area contributed by atoms with Gasteiger partial charge in [0.25, 0.3) is 0 Å². The number of carbonyl (C=O) groups is 1. The molecule has 110 valence electrons. The summed E-state index contributed by atoms with van der Waals surface area (Å²) in [5.74, 6) is -0.325. The molecular weight excluding hydrogens is 300 g/mol. The van der Waals surface area contributed by atoms with Crippen molar-refractivity contribution in [1.82, 2.24) is 9.97 Å². The Balaban J connectivity index is 1.86. The molecule has 3 rings (SSSR count). The minimum absolute atomic E-state index is 0.114. The Morgan fingerprint density at radius 3 is 2.68 bits per heavy atom. The highest BCUT2D eigenvalue weighted by Crippen LogP contribution is 2.28. The van der Waals surface area contributed by atoms with E-state index in [0.717, 1.165) is 16.9 Å². The molecule has 0 radical (unpaired) electrons. The van der Waals surface area contributed by atoms with Crippen molar-refractivity contribution in [3.63, 3.8) is 0 Å². The van der Waals surface area contributed by atoms with Crippen LogP contribution in [0.4, 0.5) is 0 Å². The highest BCUT2D eigenvalue weighted by atomic mass is 32.1. The third-order valence-corrected chi connectivity index (χ3v) is 4.05. The Kier molecular flexibility index (Phi) is 4.11. The average Bonchev–Trinajstić information content (AvgIpc) is 2.99. The molecule has 6 heteroatoms. The van der Waals surface area contributed by atoms with Crippen LogP contribution in [0.1, 0.15) is 15.4 Å². The van der Waals surface area contributed by atoms with Gasteiger partial charge in [0.05, 0.1) is 0 Å². The molecule has 1 aromatic carbocycles. The molecule has 0 bridgehead atoms. The molecule has 1 N–H and O–H groups in total. The molecule has 5 nitrogen and oxygen atoms in total. The van der Waals surface area contributed by atoms with Gasteiger partial charge < -0.3 is 9.84 Å². The van der Waals surface area contributed by atoms with Crippen LogP contribution in [0.5, 0.6) is 5.75 Å². The smallest absolute Gasteiger partial charge is 0.347 e. The highest BCUT2D eigenvalue weighted by Gasteiger charge is 2.18. The molecule has 3 aromatic rings. The average molecular weight is 312 g/mol. The molecule has 0 aliphatic heterocycles. The molecule has 0 atom stereocenters. The number of aromatic nitrogens is 2. The Morgan fingerprint density at radius 1 is 1.18 bits per heavy atom. The quantitative estimate of drug-likeness (QED) is 0.781. The molecular formula is C16H12N2O3S. The second-order valence-electron chi connectivity index (χ2n) is 4.44. The standard InChI is InChI=1S/C16H12N2O3S/c19-16(20)14-13(10-21-12-6-2-1-3-7-12)18-15(22-14)11-5-4-8-17-9-11/h1-9H,10H2,(H,19,20). The van der Waals surface area contributed by atoms with E-state index >= 15 is 0 Å². The normalized spacial score (nSPS) is 10.4. The summed E-state index contributed by atoms with van der Waals surface area (Å²) >= 11 is 1.13. The van der Waals surface area contributed by atoms with Crippen LogP contribution in [0.2, 0.25) is 0 Å². The largest absolute Gasteiger partial charge is 0.487 e. The first kappa shape index (κ1) is 14.2. The number of hydrogen-bond acceptors (Lipinski definition) is 5. The molecule has 0 aliphatic carbocycles. The van der Waals surface area contributed by atoms with Crippen molar-refractivity contribution in [3.8, 4) is 16.3 Å². The minimum atomic E-state index is -1.00. The van der Waals surface area contributed by atoms with Gasteiger partial charge in [0.2, 0.25) is 0 Å². The molecule has 2 aromatic heterocycles. The summed E-state index contributed by atoms with van der Waals surface area (Å²) < 4.78 is 5.60. The van der Waals surface area contributed by atoms with Gasteiger partial charge in [-0.2, -0.15) is 0 Å².